The van der Waals surface area contributed by atoms with E-state index >= 15 is 4.39 Å². The fourth-order valence-electron chi connectivity index (χ4n) is 4.52. The van der Waals surface area contributed by atoms with Gasteiger partial charge in [0.05, 0.1) is 30.7 Å². The van der Waals surface area contributed by atoms with Gasteiger partial charge in [0, 0.05) is 56.6 Å². The van der Waals surface area contributed by atoms with Gasteiger partial charge in [-0.15, -0.1) is 0 Å². The van der Waals surface area contributed by atoms with Gasteiger partial charge in [-0.05, 0) is 18.2 Å². The molecule has 0 saturated carbocycles. The van der Waals surface area contributed by atoms with E-state index in [0.29, 0.717) is 30.7 Å². The van der Waals surface area contributed by atoms with E-state index in [1.807, 2.05) is 4.90 Å². The molecule has 1 aliphatic rings. The number of amides is 1. The lowest BCUT2D eigenvalue weighted by Crippen LogP contribution is -2.52. The minimum Gasteiger partial charge on any atom is -0.496 e. The first-order chi connectivity index (χ1) is 17.9. The summed E-state index contributed by atoms with van der Waals surface area (Å²) in [5.74, 6) is -1.62. The van der Waals surface area contributed by atoms with Crippen molar-refractivity contribution < 1.29 is 23.4 Å². The Morgan fingerprint density at radius 1 is 1.30 bits per heavy atom. The second kappa shape index (κ2) is 10.1. The number of rotatable bonds is 6. The van der Waals surface area contributed by atoms with Gasteiger partial charge in [0.25, 0.3) is 5.91 Å². The van der Waals surface area contributed by atoms with Gasteiger partial charge in [-0.1, -0.05) is 6.07 Å². The Kier molecular flexibility index (Phi) is 6.68. The van der Waals surface area contributed by atoms with Crippen molar-refractivity contribution in [1.29, 1.82) is 0 Å². The molecule has 4 aromatic rings. The van der Waals surface area contributed by atoms with Crippen molar-refractivity contribution in [3.63, 3.8) is 0 Å². The molecule has 0 unspecified atom stereocenters. The number of carbonyl (C=O) groups is 1. The number of carbonyl (C=O) groups excluding carboxylic acids is 1. The molecule has 1 fully saturated rings. The molecule has 2 aromatic heterocycles. The summed E-state index contributed by atoms with van der Waals surface area (Å²) < 4.78 is 36.4. The van der Waals surface area contributed by atoms with Crippen LogP contribution in [0.5, 0.6) is 5.75 Å². The van der Waals surface area contributed by atoms with Gasteiger partial charge in [0.2, 0.25) is 0 Å². The molecule has 1 saturated heterocycles. The number of aliphatic hydroxyl groups excluding tert-OH is 1. The average Bonchev–Trinajstić information content (AvgIpc) is 3.30. The number of methoxy groups -OCH3 is 1. The van der Waals surface area contributed by atoms with Crippen LogP contribution in [0.1, 0.15) is 10.5 Å². The zero-order valence-electron chi connectivity index (χ0n) is 20.2. The van der Waals surface area contributed by atoms with E-state index in [1.165, 1.54) is 42.3 Å². The number of ether oxygens (including phenoxy) is 1. The van der Waals surface area contributed by atoms with Gasteiger partial charge in [-0.25, -0.2) is 18.7 Å². The summed E-state index contributed by atoms with van der Waals surface area (Å²) >= 11 is 0. The Bertz CT molecular complexity index is 1480. The summed E-state index contributed by atoms with van der Waals surface area (Å²) in [5, 5.41) is 20.4. The van der Waals surface area contributed by atoms with Gasteiger partial charge in [0.15, 0.2) is 11.6 Å². The lowest BCUT2D eigenvalue weighted by atomic mass is 10.1. The first kappa shape index (κ1) is 24.5. The Balaban J connectivity index is 1.54. The maximum atomic E-state index is 15.0. The summed E-state index contributed by atoms with van der Waals surface area (Å²) in [6, 6.07) is 6.74. The van der Waals surface area contributed by atoms with Crippen LogP contribution in [0.2, 0.25) is 0 Å². The van der Waals surface area contributed by atoms with Crippen LogP contribution in [-0.4, -0.2) is 70.2 Å². The molecule has 0 spiro atoms. The van der Waals surface area contributed by atoms with Crippen LogP contribution in [0.25, 0.3) is 22.3 Å². The number of aryl methyl sites for hydroxylation is 1. The number of halogens is 2. The van der Waals surface area contributed by atoms with E-state index in [2.05, 4.69) is 25.7 Å². The number of anilines is 2. The van der Waals surface area contributed by atoms with E-state index in [1.54, 1.807) is 19.3 Å². The van der Waals surface area contributed by atoms with Crippen molar-refractivity contribution in [3.05, 3.63) is 60.1 Å². The molecule has 0 aliphatic carbocycles. The maximum Gasteiger partial charge on any atom is 0.274 e. The van der Waals surface area contributed by atoms with Crippen molar-refractivity contribution in [3.8, 4) is 17.1 Å². The summed E-state index contributed by atoms with van der Waals surface area (Å²) in [5.41, 5.74) is 0.971. The van der Waals surface area contributed by atoms with Crippen molar-refractivity contribution in [1.82, 2.24) is 25.1 Å². The van der Waals surface area contributed by atoms with Crippen LogP contribution in [-0.2, 0) is 7.05 Å². The predicted molar refractivity (Wildman–Crippen MR) is 134 cm³/mol. The number of benzene rings is 2. The predicted octanol–water partition coefficient (Wildman–Crippen LogP) is 2.34. The Labute approximate surface area is 210 Å². The van der Waals surface area contributed by atoms with E-state index in [0.717, 1.165) is 0 Å². The van der Waals surface area contributed by atoms with Crippen LogP contribution in [0.3, 0.4) is 0 Å². The normalized spacial score (nSPS) is 15.7. The molecule has 0 bridgehead atoms. The highest BCUT2D eigenvalue weighted by Crippen LogP contribution is 2.37. The van der Waals surface area contributed by atoms with Crippen molar-refractivity contribution in [2.45, 2.75) is 6.04 Å². The molecule has 3 N–H and O–H groups in total. The third-order valence-corrected chi connectivity index (χ3v) is 6.18. The molecule has 37 heavy (non-hydrogen) atoms. The van der Waals surface area contributed by atoms with Crippen molar-refractivity contribution in [2.75, 3.05) is 43.6 Å². The van der Waals surface area contributed by atoms with Crippen LogP contribution in [0, 0.1) is 11.6 Å². The van der Waals surface area contributed by atoms with Crippen LogP contribution < -0.4 is 20.3 Å². The number of piperazine rings is 1. The molecule has 1 atom stereocenters. The molecular formula is C25H25F2N7O3. The van der Waals surface area contributed by atoms with Crippen LogP contribution in [0.15, 0.2) is 42.7 Å². The Hall–Kier alpha value is -4.16. The SMILES string of the molecule is COc1cccc(F)c1-c1nccc(C(=O)Nc2cc(F)c3nn(C)cc3c2N2CCN[C@@H](CO)C2)n1. The quantitative estimate of drug-likeness (QED) is 0.363. The summed E-state index contributed by atoms with van der Waals surface area (Å²) in [6.07, 6.45) is 3.03. The number of aromatic nitrogens is 4. The Morgan fingerprint density at radius 2 is 2.14 bits per heavy atom. The zero-order valence-corrected chi connectivity index (χ0v) is 20.2. The van der Waals surface area contributed by atoms with E-state index in [-0.39, 0.29) is 46.7 Å². The van der Waals surface area contributed by atoms with Gasteiger partial charge in [-0.2, -0.15) is 5.10 Å². The van der Waals surface area contributed by atoms with Crippen molar-refractivity contribution in [2.24, 2.45) is 7.05 Å². The van der Waals surface area contributed by atoms with Crippen molar-refractivity contribution >= 4 is 28.2 Å². The fourth-order valence-corrected chi connectivity index (χ4v) is 4.52. The second-order valence-corrected chi connectivity index (χ2v) is 8.64. The monoisotopic (exact) mass is 509 g/mol. The molecule has 12 heteroatoms. The smallest absolute Gasteiger partial charge is 0.274 e. The fraction of sp³-hybridized carbons (Fsp3) is 0.280. The number of fused-ring (bicyclic) bond motifs is 1. The molecule has 1 amide bonds. The number of hydrogen-bond donors (Lipinski definition) is 3. The minimum atomic E-state index is -0.628. The van der Waals surface area contributed by atoms with Gasteiger partial charge < -0.3 is 25.4 Å². The third kappa shape index (κ3) is 4.68. The topological polar surface area (TPSA) is 117 Å². The first-order valence-electron chi connectivity index (χ1n) is 11.6. The number of hydrogen-bond acceptors (Lipinski definition) is 8. The van der Waals surface area contributed by atoms with Gasteiger partial charge in [-0.3, -0.25) is 9.48 Å². The summed E-state index contributed by atoms with van der Waals surface area (Å²) in [7, 11) is 3.09. The molecular weight excluding hydrogens is 484 g/mol. The molecule has 2 aromatic carbocycles. The van der Waals surface area contributed by atoms with Crippen LogP contribution in [0.4, 0.5) is 20.2 Å². The summed E-state index contributed by atoms with van der Waals surface area (Å²) in [4.78, 5) is 23.7. The molecule has 10 nitrogen and oxygen atoms in total. The highest BCUT2D eigenvalue weighted by atomic mass is 19.1. The van der Waals surface area contributed by atoms with E-state index in [9.17, 15) is 14.3 Å². The lowest BCUT2D eigenvalue weighted by Gasteiger charge is -2.36. The van der Waals surface area contributed by atoms with E-state index in [4.69, 9.17) is 4.74 Å². The molecule has 0 radical (unpaired) electrons. The third-order valence-electron chi connectivity index (χ3n) is 6.18. The maximum absolute atomic E-state index is 15.0. The highest BCUT2D eigenvalue weighted by Gasteiger charge is 2.26. The standard InChI is InChI=1S/C25H25F2N7O3/c1-33-12-15-22(32-33)17(27)10-19(23(15)34-9-8-28-14(11-34)13-35)31-25(36)18-6-7-29-24(30-18)21-16(26)4-3-5-20(21)37-2/h3-7,10,12,14,28,35H,8-9,11,13H2,1-2H3,(H,31,36)/t14-/m1/s1. The summed E-state index contributed by atoms with van der Waals surface area (Å²) in [6.45, 7) is 1.54. The van der Waals surface area contributed by atoms with Crippen LogP contribution >= 0.6 is 0 Å². The minimum absolute atomic E-state index is 0.0235. The molecule has 1 aliphatic heterocycles. The lowest BCUT2D eigenvalue weighted by molar-refractivity contribution is 0.102. The number of nitrogens with zero attached hydrogens (tertiary/aromatic N) is 5. The highest BCUT2D eigenvalue weighted by molar-refractivity contribution is 6.09. The van der Waals surface area contributed by atoms with Gasteiger partial charge >= 0.3 is 0 Å². The molecule has 192 valence electrons. The van der Waals surface area contributed by atoms with E-state index < -0.39 is 17.5 Å². The second-order valence-electron chi connectivity index (χ2n) is 8.64. The van der Waals surface area contributed by atoms with Gasteiger partial charge in [0.1, 0.15) is 22.8 Å². The molecule has 3 heterocycles. The first-order valence-corrected chi connectivity index (χ1v) is 11.6. The Morgan fingerprint density at radius 3 is 2.92 bits per heavy atom. The zero-order chi connectivity index (χ0) is 26.1. The number of aliphatic hydroxyl groups is 1. The molecule has 5 rings (SSSR count). The average molecular weight is 510 g/mol. The largest absolute Gasteiger partial charge is 0.496 e. The number of nitrogens with one attached hydrogen (secondary N) is 2.